The average molecular weight is 246 g/mol. The molecule has 0 aliphatic heterocycles. The molecule has 0 spiro atoms. The van der Waals surface area contributed by atoms with Crippen molar-refractivity contribution < 1.29 is 0 Å². The van der Waals surface area contributed by atoms with Crippen LogP contribution in [0.4, 0.5) is 5.82 Å². The number of nitrogens with two attached hydrogens (primary N) is 1. The lowest BCUT2D eigenvalue weighted by molar-refractivity contribution is 0.784. The third-order valence-electron chi connectivity index (χ3n) is 3.27. The normalized spacial score (nSPS) is 10.7. The molecule has 0 amide bonds. The Kier molecular flexibility index (Phi) is 3.29. The van der Waals surface area contributed by atoms with Gasteiger partial charge in [0.25, 0.3) is 0 Å². The molecule has 0 atom stereocenters. The fourth-order valence-corrected chi connectivity index (χ4v) is 1.96. The first kappa shape index (κ1) is 12.5. The van der Waals surface area contributed by atoms with Gasteiger partial charge in [-0.05, 0) is 32.8 Å². The maximum atomic E-state index is 5.48. The van der Waals surface area contributed by atoms with Crippen LogP contribution < -0.4 is 11.3 Å². The first-order valence-electron chi connectivity index (χ1n) is 5.93. The third-order valence-corrected chi connectivity index (χ3v) is 3.27. The van der Waals surface area contributed by atoms with Gasteiger partial charge in [-0.3, -0.25) is 0 Å². The maximum Gasteiger partial charge on any atom is 0.162 e. The van der Waals surface area contributed by atoms with Crippen molar-refractivity contribution in [2.45, 2.75) is 34.1 Å². The Labute approximate surface area is 106 Å². The molecule has 3 N–H and O–H groups in total. The minimum Gasteiger partial charge on any atom is -0.308 e. The molecular weight excluding hydrogens is 228 g/mol. The second-order valence-corrected chi connectivity index (χ2v) is 4.23. The highest BCUT2D eigenvalue weighted by Crippen LogP contribution is 2.22. The molecule has 0 fully saturated rings. The molecule has 0 unspecified atom stereocenters. The number of hydrogen-bond donors (Lipinski definition) is 2. The minimum atomic E-state index is 0.646. The van der Waals surface area contributed by atoms with E-state index in [1.807, 2.05) is 25.5 Å². The number of hydrazine groups is 1. The zero-order chi connectivity index (χ0) is 13.3. The fourth-order valence-electron chi connectivity index (χ4n) is 1.96. The zero-order valence-electron chi connectivity index (χ0n) is 11.2. The number of aromatic nitrogens is 4. The molecule has 0 aromatic carbocycles. The number of nitrogen functional groups attached to an aromatic ring is 1. The standard InChI is InChI=1S/C12H18N6/c1-5-10-11(16-13)14-6-15-12(10)18-9(4)7(2)8(3)17-18/h6H,5,13H2,1-4H3,(H,14,15,16). The summed E-state index contributed by atoms with van der Waals surface area (Å²) >= 11 is 0. The van der Waals surface area contributed by atoms with Crippen LogP contribution in [0.25, 0.3) is 5.82 Å². The summed E-state index contributed by atoms with van der Waals surface area (Å²) in [5, 5.41) is 4.52. The highest BCUT2D eigenvalue weighted by atomic mass is 15.3. The Hall–Kier alpha value is -1.95. The van der Waals surface area contributed by atoms with Crippen LogP contribution in [0.15, 0.2) is 6.33 Å². The molecule has 0 radical (unpaired) electrons. The molecule has 6 heteroatoms. The molecule has 2 aromatic heterocycles. The van der Waals surface area contributed by atoms with E-state index in [-0.39, 0.29) is 0 Å². The van der Waals surface area contributed by atoms with Crippen LogP contribution in [0, 0.1) is 20.8 Å². The Bertz CT molecular complexity index is 572. The average Bonchev–Trinajstić information content (AvgIpc) is 2.65. The van der Waals surface area contributed by atoms with Gasteiger partial charge in [0.15, 0.2) is 5.82 Å². The molecule has 6 nitrogen and oxygen atoms in total. The molecule has 96 valence electrons. The van der Waals surface area contributed by atoms with Crippen LogP contribution in [0.3, 0.4) is 0 Å². The second-order valence-electron chi connectivity index (χ2n) is 4.23. The molecular formula is C12H18N6. The molecule has 2 heterocycles. The lowest BCUT2D eigenvalue weighted by atomic mass is 10.2. The molecule has 0 saturated carbocycles. The number of hydrogen-bond acceptors (Lipinski definition) is 5. The molecule has 0 bridgehead atoms. The number of nitrogens with one attached hydrogen (secondary N) is 1. The van der Waals surface area contributed by atoms with Crippen molar-refractivity contribution >= 4 is 5.82 Å². The van der Waals surface area contributed by atoms with Gasteiger partial charge in [0, 0.05) is 11.3 Å². The van der Waals surface area contributed by atoms with Crippen molar-refractivity contribution in [3.63, 3.8) is 0 Å². The predicted molar refractivity (Wildman–Crippen MR) is 70.6 cm³/mol. The Balaban J connectivity index is 2.67. The maximum absolute atomic E-state index is 5.48. The van der Waals surface area contributed by atoms with Gasteiger partial charge in [-0.1, -0.05) is 6.92 Å². The van der Waals surface area contributed by atoms with Crippen molar-refractivity contribution in [1.29, 1.82) is 0 Å². The SMILES string of the molecule is CCc1c(NN)ncnc1-n1nc(C)c(C)c1C. The van der Waals surface area contributed by atoms with Gasteiger partial charge in [0.05, 0.1) is 5.69 Å². The van der Waals surface area contributed by atoms with Crippen LogP contribution in [0.5, 0.6) is 0 Å². The van der Waals surface area contributed by atoms with E-state index in [9.17, 15) is 0 Å². The van der Waals surface area contributed by atoms with Gasteiger partial charge in [-0.15, -0.1) is 0 Å². The highest BCUT2D eigenvalue weighted by Gasteiger charge is 2.15. The van der Waals surface area contributed by atoms with Gasteiger partial charge in [-0.2, -0.15) is 5.10 Å². The Morgan fingerprint density at radius 3 is 2.50 bits per heavy atom. The van der Waals surface area contributed by atoms with E-state index in [4.69, 9.17) is 5.84 Å². The molecule has 0 aliphatic rings. The molecule has 2 rings (SSSR count). The quantitative estimate of drug-likeness (QED) is 0.632. The lowest BCUT2D eigenvalue weighted by Gasteiger charge is -2.11. The Morgan fingerprint density at radius 1 is 1.28 bits per heavy atom. The molecule has 0 saturated heterocycles. The van der Waals surface area contributed by atoms with Crippen molar-refractivity contribution in [2.24, 2.45) is 5.84 Å². The minimum absolute atomic E-state index is 0.646. The summed E-state index contributed by atoms with van der Waals surface area (Å²) in [4.78, 5) is 8.46. The summed E-state index contributed by atoms with van der Waals surface area (Å²) < 4.78 is 1.85. The van der Waals surface area contributed by atoms with Crippen LogP contribution in [-0.2, 0) is 6.42 Å². The third kappa shape index (κ3) is 1.84. The first-order chi connectivity index (χ1) is 8.60. The van der Waals surface area contributed by atoms with Crippen LogP contribution >= 0.6 is 0 Å². The van der Waals surface area contributed by atoms with Crippen molar-refractivity contribution in [1.82, 2.24) is 19.7 Å². The first-order valence-corrected chi connectivity index (χ1v) is 5.93. The van der Waals surface area contributed by atoms with Crippen molar-refractivity contribution in [3.05, 3.63) is 28.8 Å². The topological polar surface area (TPSA) is 81.6 Å². The van der Waals surface area contributed by atoms with E-state index in [2.05, 4.69) is 27.4 Å². The predicted octanol–water partition coefficient (Wildman–Crippen LogP) is 1.44. The summed E-state index contributed by atoms with van der Waals surface area (Å²) in [5.74, 6) is 6.91. The summed E-state index contributed by atoms with van der Waals surface area (Å²) in [6, 6.07) is 0. The number of nitrogens with zero attached hydrogens (tertiary/aromatic N) is 4. The highest BCUT2D eigenvalue weighted by molar-refractivity contribution is 5.51. The lowest BCUT2D eigenvalue weighted by Crippen LogP contribution is -2.15. The van der Waals surface area contributed by atoms with E-state index in [0.29, 0.717) is 5.82 Å². The summed E-state index contributed by atoms with van der Waals surface area (Å²) in [7, 11) is 0. The molecule has 18 heavy (non-hydrogen) atoms. The molecule has 0 aliphatic carbocycles. The number of aryl methyl sites for hydroxylation is 1. The Morgan fingerprint density at radius 2 is 2.00 bits per heavy atom. The van der Waals surface area contributed by atoms with Crippen molar-refractivity contribution in [2.75, 3.05) is 5.43 Å². The van der Waals surface area contributed by atoms with Gasteiger partial charge >= 0.3 is 0 Å². The van der Waals surface area contributed by atoms with Crippen LogP contribution in [0.1, 0.15) is 29.4 Å². The second kappa shape index (κ2) is 4.73. The largest absolute Gasteiger partial charge is 0.308 e. The smallest absolute Gasteiger partial charge is 0.162 e. The van der Waals surface area contributed by atoms with E-state index in [1.54, 1.807) is 0 Å². The van der Waals surface area contributed by atoms with E-state index < -0.39 is 0 Å². The zero-order valence-corrected chi connectivity index (χ0v) is 11.2. The van der Waals surface area contributed by atoms with E-state index >= 15 is 0 Å². The number of anilines is 1. The number of rotatable bonds is 3. The molecule has 2 aromatic rings. The van der Waals surface area contributed by atoms with Gasteiger partial charge in [0.1, 0.15) is 12.1 Å². The summed E-state index contributed by atoms with van der Waals surface area (Å²) in [5.41, 5.74) is 6.84. The van der Waals surface area contributed by atoms with E-state index in [0.717, 1.165) is 29.2 Å². The summed E-state index contributed by atoms with van der Waals surface area (Å²) in [6.07, 6.45) is 2.28. The van der Waals surface area contributed by atoms with Gasteiger partial charge in [-0.25, -0.2) is 20.5 Å². The van der Waals surface area contributed by atoms with Crippen LogP contribution in [-0.4, -0.2) is 19.7 Å². The van der Waals surface area contributed by atoms with E-state index in [1.165, 1.54) is 11.9 Å². The summed E-state index contributed by atoms with van der Waals surface area (Å²) in [6.45, 7) is 8.13. The van der Waals surface area contributed by atoms with Crippen LogP contribution in [0.2, 0.25) is 0 Å². The fraction of sp³-hybridized carbons (Fsp3) is 0.417. The monoisotopic (exact) mass is 246 g/mol. The van der Waals surface area contributed by atoms with Crippen molar-refractivity contribution in [3.8, 4) is 5.82 Å². The van der Waals surface area contributed by atoms with Gasteiger partial charge < -0.3 is 5.43 Å². The van der Waals surface area contributed by atoms with Gasteiger partial charge in [0.2, 0.25) is 0 Å².